The van der Waals surface area contributed by atoms with Crippen molar-refractivity contribution in [3.05, 3.63) is 64.0 Å². The van der Waals surface area contributed by atoms with Gasteiger partial charge >= 0.3 is 5.63 Å². The van der Waals surface area contributed by atoms with Gasteiger partial charge in [-0.15, -0.1) is 35.0 Å². The lowest BCUT2D eigenvalue weighted by Gasteiger charge is -2.22. The second-order valence-electron chi connectivity index (χ2n) is 7.33. The highest BCUT2D eigenvalue weighted by Crippen LogP contribution is 2.24. The van der Waals surface area contributed by atoms with Crippen molar-refractivity contribution < 1.29 is 9.21 Å². The number of nitrogens with zero attached hydrogens (tertiary/aromatic N) is 3. The summed E-state index contributed by atoms with van der Waals surface area (Å²) in [6, 6.07) is 9.02. The van der Waals surface area contributed by atoms with E-state index < -0.39 is 11.5 Å². The average Bonchev–Trinajstić information content (AvgIpc) is 3.14. The lowest BCUT2D eigenvalue weighted by Crippen LogP contribution is -2.30. The summed E-state index contributed by atoms with van der Waals surface area (Å²) >= 11 is 0. The molecule has 166 valence electrons. The van der Waals surface area contributed by atoms with E-state index in [2.05, 4.69) is 20.8 Å². The molecule has 1 atom stereocenters. The van der Waals surface area contributed by atoms with Crippen LogP contribution in [0.4, 0.5) is 5.69 Å². The number of benzene rings is 1. The van der Waals surface area contributed by atoms with Crippen molar-refractivity contribution in [2.24, 2.45) is 7.05 Å². The number of anilines is 1. The van der Waals surface area contributed by atoms with Crippen LogP contribution in [0.3, 0.4) is 0 Å². The molecular weight excluding hydrogens is 441 g/mol. The van der Waals surface area contributed by atoms with Gasteiger partial charge in [0.1, 0.15) is 17.7 Å². The number of nitrogens with one attached hydrogen (secondary N) is 2. The molecule has 3 heterocycles. The number of aromatic nitrogens is 3. The number of halogens is 2. The predicted octanol–water partition coefficient (Wildman–Crippen LogP) is 3.31. The van der Waals surface area contributed by atoms with Gasteiger partial charge in [0, 0.05) is 30.8 Å². The number of carbonyl (C=O) groups is 1. The fourth-order valence-electron chi connectivity index (χ4n) is 3.64. The van der Waals surface area contributed by atoms with Gasteiger partial charge < -0.3 is 19.6 Å². The topological polar surface area (TPSA) is 102 Å². The van der Waals surface area contributed by atoms with Gasteiger partial charge in [0.25, 0.3) is 5.91 Å². The molecule has 2 aromatic heterocycles. The minimum absolute atomic E-state index is 0. The Morgan fingerprint density at radius 1 is 1.26 bits per heavy atom. The summed E-state index contributed by atoms with van der Waals surface area (Å²) in [5.74, 6) is 1.06. The lowest BCUT2D eigenvalue weighted by atomic mass is 9.95. The maximum absolute atomic E-state index is 12.7. The summed E-state index contributed by atoms with van der Waals surface area (Å²) in [5, 5.41) is 14.0. The van der Waals surface area contributed by atoms with Crippen LogP contribution < -0.4 is 16.3 Å². The van der Waals surface area contributed by atoms with E-state index in [-0.39, 0.29) is 36.3 Å². The third-order valence-electron chi connectivity index (χ3n) is 5.21. The molecule has 1 saturated heterocycles. The van der Waals surface area contributed by atoms with Crippen LogP contribution in [0.15, 0.2) is 45.9 Å². The zero-order chi connectivity index (χ0) is 20.4. The molecule has 0 radical (unpaired) electrons. The summed E-state index contributed by atoms with van der Waals surface area (Å²) in [7, 11) is 1.86. The summed E-state index contributed by atoms with van der Waals surface area (Å²) in [6.45, 7) is 3.53. The zero-order valence-electron chi connectivity index (χ0n) is 17.3. The summed E-state index contributed by atoms with van der Waals surface area (Å²) in [4.78, 5) is 25.2. The van der Waals surface area contributed by atoms with Crippen molar-refractivity contribution in [3.63, 3.8) is 0 Å². The minimum atomic E-state index is -0.598. The Morgan fingerprint density at radius 2 is 2.00 bits per heavy atom. The summed E-state index contributed by atoms with van der Waals surface area (Å²) < 4.78 is 7.31. The molecule has 1 aliphatic rings. The SMILES string of the molecule is Cc1cc(C2CCCNC2)oc(=O)c1C(=O)Nc1ccc(-c2nncn2C)cc1.Cl.Cl. The number of hydrogen-bond donors (Lipinski definition) is 2. The van der Waals surface area contributed by atoms with Crippen LogP contribution in [-0.2, 0) is 7.05 Å². The Labute approximate surface area is 192 Å². The average molecular weight is 466 g/mol. The molecule has 10 heteroatoms. The molecule has 1 amide bonds. The first kappa shape index (κ1) is 24.6. The molecule has 0 aliphatic carbocycles. The third kappa shape index (κ3) is 5.33. The van der Waals surface area contributed by atoms with E-state index in [1.54, 1.807) is 25.4 Å². The van der Waals surface area contributed by atoms with Crippen LogP contribution in [0.25, 0.3) is 11.4 Å². The molecule has 1 fully saturated rings. The molecule has 1 aromatic carbocycles. The number of rotatable bonds is 4. The molecule has 0 bridgehead atoms. The van der Waals surface area contributed by atoms with Gasteiger partial charge in [-0.25, -0.2) is 4.79 Å². The van der Waals surface area contributed by atoms with Gasteiger partial charge in [0.05, 0.1) is 0 Å². The monoisotopic (exact) mass is 465 g/mol. The van der Waals surface area contributed by atoms with Crippen LogP contribution in [-0.4, -0.2) is 33.8 Å². The van der Waals surface area contributed by atoms with Crippen LogP contribution in [0.2, 0.25) is 0 Å². The summed E-state index contributed by atoms with van der Waals surface area (Å²) in [5.41, 5.74) is 1.52. The predicted molar refractivity (Wildman–Crippen MR) is 123 cm³/mol. The molecule has 8 nitrogen and oxygen atoms in total. The Morgan fingerprint density at radius 3 is 2.58 bits per heavy atom. The summed E-state index contributed by atoms with van der Waals surface area (Å²) in [6.07, 6.45) is 3.64. The zero-order valence-corrected chi connectivity index (χ0v) is 18.9. The van der Waals surface area contributed by atoms with Gasteiger partial charge in [0.2, 0.25) is 0 Å². The second-order valence-corrected chi connectivity index (χ2v) is 7.33. The van der Waals surface area contributed by atoms with E-state index in [0.29, 0.717) is 17.0 Å². The molecule has 1 aliphatic heterocycles. The smallest absolute Gasteiger partial charge is 0.349 e. The Balaban J connectivity index is 0.00000171. The van der Waals surface area contributed by atoms with E-state index in [1.807, 2.05) is 29.8 Å². The van der Waals surface area contributed by atoms with Crippen molar-refractivity contribution in [2.75, 3.05) is 18.4 Å². The van der Waals surface area contributed by atoms with Gasteiger partial charge in [-0.2, -0.15) is 0 Å². The van der Waals surface area contributed by atoms with E-state index in [1.165, 1.54) is 0 Å². The Kier molecular flexibility index (Phi) is 8.38. The van der Waals surface area contributed by atoms with Crippen LogP contribution in [0, 0.1) is 6.92 Å². The highest BCUT2D eigenvalue weighted by molar-refractivity contribution is 6.05. The molecule has 4 rings (SSSR count). The maximum atomic E-state index is 12.7. The fraction of sp³-hybridized carbons (Fsp3) is 0.333. The Bertz CT molecular complexity index is 1090. The van der Waals surface area contributed by atoms with Crippen molar-refractivity contribution in [2.45, 2.75) is 25.7 Å². The molecule has 2 N–H and O–H groups in total. The van der Waals surface area contributed by atoms with E-state index >= 15 is 0 Å². The molecule has 0 saturated carbocycles. The highest BCUT2D eigenvalue weighted by Gasteiger charge is 2.22. The number of carbonyl (C=O) groups excluding carboxylic acids is 1. The van der Waals surface area contributed by atoms with Crippen molar-refractivity contribution in [3.8, 4) is 11.4 Å². The standard InChI is InChI=1S/C21H23N5O3.2ClH/c1-13-10-17(15-4-3-9-22-11-15)29-21(28)18(13)20(27)24-16-7-5-14(6-8-16)19-25-23-12-26(19)2;;/h5-8,10,12,15,22H,3-4,9,11H2,1-2H3,(H,24,27);2*1H. The van der Waals surface area contributed by atoms with Crippen molar-refractivity contribution in [1.82, 2.24) is 20.1 Å². The van der Waals surface area contributed by atoms with Crippen LogP contribution in [0.5, 0.6) is 0 Å². The Hall–Kier alpha value is -2.68. The molecule has 0 spiro atoms. The van der Waals surface area contributed by atoms with Gasteiger partial charge in [-0.05, 0) is 62.2 Å². The van der Waals surface area contributed by atoms with Gasteiger partial charge in [-0.1, -0.05) is 0 Å². The highest BCUT2D eigenvalue weighted by atomic mass is 35.5. The van der Waals surface area contributed by atoms with E-state index in [4.69, 9.17) is 4.42 Å². The molecule has 1 unspecified atom stereocenters. The molecule has 31 heavy (non-hydrogen) atoms. The quantitative estimate of drug-likeness (QED) is 0.612. The minimum Gasteiger partial charge on any atom is -0.427 e. The van der Waals surface area contributed by atoms with Crippen molar-refractivity contribution >= 4 is 36.4 Å². The van der Waals surface area contributed by atoms with Gasteiger partial charge in [-0.3, -0.25) is 4.79 Å². The van der Waals surface area contributed by atoms with Crippen LogP contribution in [0.1, 0.15) is 40.4 Å². The number of hydrogen-bond acceptors (Lipinski definition) is 6. The lowest BCUT2D eigenvalue weighted by molar-refractivity contribution is 0.102. The van der Waals surface area contributed by atoms with E-state index in [0.717, 1.165) is 37.3 Å². The number of amides is 1. The first-order chi connectivity index (χ1) is 14.0. The second kappa shape index (κ2) is 10.6. The van der Waals surface area contributed by atoms with Crippen LogP contribution >= 0.6 is 24.8 Å². The van der Waals surface area contributed by atoms with Crippen molar-refractivity contribution in [1.29, 1.82) is 0 Å². The first-order valence-corrected chi connectivity index (χ1v) is 9.64. The maximum Gasteiger partial charge on any atom is 0.349 e. The number of piperidine rings is 1. The first-order valence-electron chi connectivity index (χ1n) is 9.64. The third-order valence-corrected chi connectivity index (χ3v) is 5.21. The van der Waals surface area contributed by atoms with Gasteiger partial charge in [0.15, 0.2) is 5.82 Å². The largest absolute Gasteiger partial charge is 0.427 e. The molecular formula is C21H25Cl2N5O3. The normalized spacial score (nSPS) is 15.5. The number of aryl methyl sites for hydroxylation is 2. The molecule has 3 aromatic rings. The fourth-order valence-corrected chi connectivity index (χ4v) is 3.64. The van der Waals surface area contributed by atoms with E-state index in [9.17, 15) is 9.59 Å².